The minimum Gasteiger partial charge on any atom is -0.362 e. The van der Waals surface area contributed by atoms with Crippen LogP contribution in [0.3, 0.4) is 0 Å². The molecule has 0 spiro atoms. The number of nitriles is 1. The van der Waals surface area contributed by atoms with Crippen LogP contribution in [-0.4, -0.2) is 41.9 Å². The first-order valence-electron chi connectivity index (χ1n) is 9.84. The van der Waals surface area contributed by atoms with Crippen molar-refractivity contribution in [1.82, 2.24) is 9.80 Å². The van der Waals surface area contributed by atoms with Crippen molar-refractivity contribution in [1.29, 1.82) is 5.26 Å². The van der Waals surface area contributed by atoms with E-state index in [2.05, 4.69) is 30.5 Å². The molecule has 0 aromatic heterocycles. The molecule has 2 aliphatic rings. The lowest BCUT2D eigenvalue weighted by atomic mass is 9.85. The highest BCUT2D eigenvalue weighted by atomic mass is 16.5. The number of amides is 1. The van der Waals surface area contributed by atoms with Crippen LogP contribution in [0.15, 0.2) is 60.7 Å². The molecule has 5 nitrogen and oxygen atoms in total. The van der Waals surface area contributed by atoms with Gasteiger partial charge < -0.3 is 14.5 Å². The topological polar surface area (TPSA) is 56.6 Å². The van der Waals surface area contributed by atoms with Gasteiger partial charge in [0.15, 0.2) is 6.19 Å². The summed E-state index contributed by atoms with van der Waals surface area (Å²) in [6.45, 7) is 3.15. The molecule has 0 saturated carbocycles. The first-order valence-corrected chi connectivity index (χ1v) is 9.84. The molecule has 2 aromatic rings. The molecule has 2 saturated heterocycles. The number of benzene rings is 2. The van der Waals surface area contributed by atoms with E-state index >= 15 is 0 Å². The zero-order valence-corrected chi connectivity index (χ0v) is 16.0. The van der Waals surface area contributed by atoms with Crippen LogP contribution in [0.4, 0.5) is 0 Å². The molecule has 2 aromatic carbocycles. The van der Waals surface area contributed by atoms with Gasteiger partial charge in [0.2, 0.25) is 5.91 Å². The number of rotatable bonds is 6. The third-order valence-corrected chi connectivity index (χ3v) is 5.79. The summed E-state index contributed by atoms with van der Waals surface area (Å²) in [7, 11) is 0. The number of likely N-dealkylation sites (tertiary alicyclic amines) is 2. The van der Waals surface area contributed by atoms with Crippen molar-refractivity contribution in [2.24, 2.45) is 5.92 Å². The van der Waals surface area contributed by atoms with Gasteiger partial charge in [-0.05, 0) is 23.5 Å². The lowest BCUT2D eigenvalue weighted by Gasteiger charge is -2.50. The van der Waals surface area contributed by atoms with Crippen LogP contribution in [-0.2, 0) is 21.7 Å². The minimum absolute atomic E-state index is 0.166. The number of carbonyl (C=O) groups is 1. The van der Waals surface area contributed by atoms with Gasteiger partial charge in [0, 0.05) is 19.5 Å². The highest BCUT2D eigenvalue weighted by Crippen LogP contribution is 2.37. The third-order valence-electron chi connectivity index (χ3n) is 5.79. The molecule has 2 heterocycles. The second kappa shape index (κ2) is 8.04. The van der Waals surface area contributed by atoms with Crippen LogP contribution in [0.5, 0.6) is 0 Å². The Morgan fingerprint density at radius 2 is 1.79 bits per heavy atom. The highest BCUT2D eigenvalue weighted by Gasteiger charge is 2.47. The van der Waals surface area contributed by atoms with E-state index in [0.717, 1.165) is 24.1 Å². The van der Waals surface area contributed by atoms with Crippen molar-refractivity contribution >= 4 is 5.91 Å². The molecule has 0 N–H and O–H groups in total. The van der Waals surface area contributed by atoms with Crippen molar-refractivity contribution in [2.75, 3.05) is 26.2 Å². The summed E-state index contributed by atoms with van der Waals surface area (Å²) in [5.41, 5.74) is 1.80. The van der Waals surface area contributed by atoms with Gasteiger partial charge in [-0.2, -0.15) is 5.26 Å². The summed E-state index contributed by atoms with van der Waals surface area (Å²) >= 11 is 0. The molecular formula is C23H25N3O2. The molecule has 28 heavy (non-hydrogen) atoms. The zero-order chi connectivity index (χ0) is 19.4. The quantitative estimate of drug-likeness (QED) is 0.728. The number of nitrogens with zero attached hydrogens (tertiary/aromatic N) is 3. The van der Waals surface area contributed by atoms with Gasteiger partial charge in [-0.3, -0.25) is 4.79 Å². The van der Waals surface area contributed by atoms with Crippen molar-refractivity contribution in [3.63, 3.8) is 0 Å². The van der Waals surface area contributed by atoms with E-state index in [0.29, 0.717) is 32.7 Å². The van der Waals surface area contributed by atoms with Crippen LogP contribution in [0.2, 0.25) is 0 Å². The molecule has 0 radical (unpaired) electrons. The SMILES string of the molecule is N#CN1CC[C@@H](CC(=O)N2CC(OCc3ccccc3)(c3ccccc3)C2)C1. The molecule has 0 aliphatic carbocycles. The summed E-state index contributed by atoms with van der Waals surface area (Å²) in [5.74, 6) is 0.448. The molecule has 144 valence electrons. The molecule has 1 amide bonds. The number of hydrogen-bond donors (Lipinski definition) is 0. The van der Waals surface area contributed by atoms with Gasteiger partial charge >= 0.3 is 0 Å². The largest absolute Gasteiger partial charge is 0.362 e. The number of hydrogen-bond acceptors (Lipinski definition) is 4. The average molecular weight is 375 g/mol. The molecule has 2 aliphatic heterocycles. The van der Waals surface area contributed by atoms with Crippen LogP contribution in [0, 0.1) is 17.4 Å². The van der Waals surface area contributed by atoms with E-state index in [9.17, 15) is 4.79 Å². The maximum Gasteiger partial charge on any atom is 0.223 e. The zero-order valence-electron chi connectivity index (χ0n) is 16.0. The molecule has 1 atom stereocenters. The van der Waals surface area contributed by atoms with Gasteiger partial charge in [0.25, 0.3) is 0 Å². The van der Waals surface area contributed by atoms with Crippen molar-refractivity contribution < 1.29 is 9.53 Å². The van der Waals surface area contributed by atoms with Gasteiger partial charge in [-0.25, -0.2) is 0 Å². The van der Waals surface area contributed by atoms with Gasteiger partial charge in [0.1, 0.15) is 5.60 Å². The van der Waals surface area contributed by atoms with E-state index in [1.807, 2.05) is 41.3 Å². The van der Waals surface area contributed by atoms with E-state index in [4.69, 9.17) is 10.00 Å². The minimum atomic E-state index is -0.443. The fraction of sp³-hybridized carbons (Fsp3) is 0.391. The fourth-order valence-electron chi connectivity index (χ4n) is 4.11. The fourth-order valence-corrected chi connectivity index (χ4v) is 4.11. The summed E-state index contributed by atoms with van der Waals surface area (Å²) in [4.78, 5) is 16.4. The number of ether oxygens (including phenoxy) is 1. The summed E-state index contributed by atoms with van der Waals surface area (Å²) in [6.07, 6.45) is 3.61. The predicted molar refractivity (Wildman–Crippen MR) is 106 cm³/mol. The van der Waals surface area contributed by atoms with Crippen LogP contribution < -0.4 is 0 Å². The predicted octanol–water partition coefficient (Wildman–Crippen LogP) is 3.13. The van der Waals surface area contributed by atoms with Gasteiger partial charge in [-0.15, -0.1) is 0 Å². The Morgan fingerprint density at radius 1 is 1.11 bits per heavy atom. The molecule has 2 fully saturated rings. The third kappa shape index (κ3) is 3.88. The van der Waals surface area contributed by atoms with Gasteiger partial charge in [0.05, 0.1) is 19.7 Å². The Morgan fingerprint density at radius 3 is 2.43 bits per heavy atom. The normalized spacial score (nSPS) is 20.5. The Labute approximate surface area is 166 Å². The first kappa shape index (κ1) is 18.5. The maximum atomic E-state index is 12.7. The van der Waals surface area contributed by atoms with Crippen LogP contribution in [0.25, 0.3) is 0 Å². The van der Waals surface area contributed by atoms with E-state index in [1.165, 1.54) is 0 Å². The van der Waals surface area contributed by atoms with E-state index < -0.39 is 5.60 Å². The number of carbonyl (C=O) groups excluding carboxylic acids is 1. The summed E-state index contributed by atoms with van der Waals surface area (Å²) < 4.78 is 6.38. The highest BCUT2D eigenvalue weighted by molar-refractivity contribution is 5.78. The maximum absolute atomic E-state index is 12.7. The summed E-state index contributed by atoms with van der Waals surface area (Å²) in [6, 6.07) is 20.3. The molecular weight excluding hydrogens is 350 g/mol. The Bertz CT molecular complexity index is 841. The molecule has 4 rings (SSSR count). The molecule has 0 bridgehead atoms. The second-order valence-corrected chi connectivity index (χ2v) is 7.79. The van der Waals surface area contributed by atoms with Crippen molar-refractivity contribution in [3.8, 4) is 6.19 Å². The lowest BCUT2D eigenvalue weighted by molar-refractivity contribution is -0.177. The standard InChI is InChI=1S/C23H25N3O2/c24-18-25-12-11-20(14-25)13-22(27)26-16-23(17-26,21-9-5-2-6-10-21)28-15-19-7-3-1-4-8-19/h1-10,20H,11-17H2/t20-/m0/s1. The van der Waals surface area contributed by atoms with Gasteiger partial charge in [-0.1, -0.05) is 60.7 Å². The second-order valence-electron chi connectivity index (χ2n) is 7.79. The Hall–Kier alpha value is -2.84. The van der Waals surface area contributed by atoms with Crippen molar-refractivity contribution in [3.05, 3.63) is 71.8 Å². The van der Waals surface area contributed by atoms with E-state index in [1.54, 1.807) is 4.90 Å². The van der Waals surface area contributed by atoms with E-state index in [-0.39, 0.29) is 11.8 Å². The van der Waals surface area contributed by atoms with Crippen LogP contribution >= 0.6 is 0 Å². The average Bonchev–Trinajstić information content (AvgIpc) is 3.16. The van der Waals surface area contributed by atoms with Crippen molar-refractivity contribution in [2.45, 2.75) is 25.0 Å². The first-order chi connectivity index (χ1) is 13.7. The Balaban J connectivity index is 1.40. The van der Waals surface area contributed by atoms with Crippen LogP contribution in [0.1, 0.15) is 24.0 Å². The monoisotopic (exact) mass is 375 g/mol. The summed E-state index contributed by atoms with van der Waals surface area (Å²) in [5, 5.41) is 9.00. The molecule has 0 unspecified atom stereocenters. The Kier molecular flexibility index (Phi) is 5.31. The smallest absolute Gasteiger partial charge is 0.223 e. The molecule has 5 heteroatoms. The lowest BCUT2D eigenvalue weighted by Crippen LogP contribution is -2.62.